The van der Waals surface area contributed by atoms with Gasteiger partial charge in [-0.1, -0.05) is 146 Å². The van der Waals surface area contributed by atoms with Gasteiger partial charge in [-0.3, -0.25) is 18.2 Å². The summed E-state index contributed by atoms with van der Waals surface area (Å²) in [6, 6.07) is 49.3. The molecular formula is C54H34O12S4. The molecule has 16 heteroatoms. The fourth-order valence-electron chi connectivity index (χ4n) is 10.1. The Hall–Kier alpha value is -7.38. The lowest BCUT2D eigenvalue weighted by atomic mass is 9.84. The lowest BCUT2D eigenvalue weighted by Gasteiger charge is -2.23. The minimum atomic E-state index is -5.33. The first-order valence-corrected chi connectivity index (χ1v) is 27.1. The summed E-state index contributed by atoms with van der Waals surface area (Å²) in [6.45, 7) is 0. The Kier molecular flexibility index (Phi) is 10.4. The zero-order chi connectivity index (χ0) is 49.1. The van der Waals surface area contributed by atoms with Crippen LogP contribution in [-0.4, -0.2) is 51.9 Å². The van der Waals surface area contributed by atoms with Crippen molar-refractivity contribution in [2.24, 2.45) is 0 Å². The summed E-state index contributed by atoms with van der Waals surface area (Å²) in [7, 11) is -21.1. The first-order valence-electron chi connectivity index (χ1n) is 21.3. The second kappa shape index (κ2) is 16.1. The topological polar surface area (TPSA) is 217 Å². The average Bonchev–Trinajstić information content (AvgIpc) is 3.32. The highest BCUT2D eigenvalue weighted by atomic mass is 32.2. The molecule has 0 heterocycles. The van der Waals surface area contributed by atoms with Crippen LogP contribution in [0.5, 0.6) is 0 Å². The molecule has 0 radical (unpaired) electrons. The van der Waals surface area contributed by atoms with Crippen molar-refractivity contribution in [2.75, 3.05) is 0 Å². The van der Waals surface area contributed by atoms with Gasteiger partial charge in [-0.2, -0.15) is 33.7 Å². The second-order valence-corrected chi connectivity index (χ2v) is 22.4. The van der Waals surface area contributed by atoms with Gasteiger partial charge in [0.25, 0.3) is 40.5 Å². The Morgan fingerprint density at radius 3 is 0.629 bits per heavy atom. The van der Waals surface area contributed by atoms with Crippen LogP contribution < -0.4 is 0 Å². The number of hydrogen-bond donors (Lipinski definition) is 4. The van der Waals surface area contributed by atoms with Crippen molar-refractivity contribution in [3.05, 3.63) is 182 Å². The van der Waals surface area contributed by atoms with Gasteiger partial charge in [-0.05, 0) is 123 Å². The quantitative estimate of drug-likeness (QED) is 0.0826. The highest BCUT2D eigenvalue weighted by Crippen LogP contribution is 2.51. The summed E-state index contributed by atoms with van der Waals surface area (Å²) >= 11 is 0. The largest absolute Gasteiger partial charge is 0.295 e. The lowest BCUT2D eigenvalue weighted by molar-refractivity contribution is 0.477. The van der Waals surface area contributed by atoms with Gasteiger partial charge in [0.2, 0.25) is 0 Å². The van der Waals surface area contributed by atoms with E-state index < -0.39 is 60.1 Å². The summed E-state index contributed by atoms with van der Waals surface area (Å²) in [5.41, 5.74) is 0.353. The Bertz CT molecular complexity index is 4130. The van der Waals surface area contributed by atoms with E-state index in [0.29, 0.717) is 66.3 Å². The predicted molar refractivity (Wildman–Crippen MR) is 272 cm³/mol. The third-order valence-corrected chi connectivity index (χ3v) is 16.4. The van der Waals surface area contributed by atoms with Crippen molar-refractivity contribution in [3.63, 3.8) is 0 Å². The van der Waals surface area contributed by atoms with E-state index in [1.165, 1.54) is 12.1 Å². The van der Waals surface area contributed by atoms with Crippen LogP contribution in [0.3, 0.4) is 0 Å². The van der Waals surface area contributed by atoms with Gasteiger partial charge in [-0.15, -0.1) is 0 Å². The number of benzene rings is 11. The van der Waals surface area contributed by atoms with Crippen molar-refractivity contribution in [1.29, 1.82) is 0 Å². The van der Waals surface area contributed by atoms with Crippen LogP contribution in [0.2, 0.25) is 0 Å². The molecule has 0 bridgehead atoms. The minimum Gasteiger partial charge on any atom is -0.282 e. The van der Waals surface area contributed by atoms with Gasteiger partial charge < -0.3 is 0 Å². The van der Waals surface area contributed by atoms with Crippen molar-refractivity contribution in [3.8, 4) is 44.5 Å². The molecule has 0 atom stereocenters. The van der Waals surface area contributed by atoms with Crippen LogP contribution in [-0.2, 0) is 40.5 Å². The maximum Gasteiger partial charge on any atom is 0.295 e. The zero-order valence-electron chi connectivity index (χ0n) is 36.0. The average molecular weight is 1000 g/mol. The van der Waals surface area contributed by atoms with E-state index in [2.05, 4.69) is 0 Å². The molecule has 0 saturated carbocycles. The molecule has 11 aromatic rings. The molecule has 0 fully saturated rings. The molecule has 0 spiro atoms. The molecule has 11 aromatic carbocycles. The standard InChI is InChI=1S/C54H34O12S4/c55-67(56,57)47-29-49(69(61,62)63)45(27-43(47)51-35-17-5-1-13-31(35)25-32-14-2-6-18-36(32)51)53-39-21-9-11-23-41(39)54(42-24-12-10-22-40(42)53)46-28-44(48(68(58,59)60)30-50(46)70(64,65)66)52-37-19-7-3-15-33(37)26-34-16-4-8-20-38(34)52/h1-30H,(H,55,56,57)(H,58,59,60)(H,61,62,63)(H,64,65,66). The molecule has 0 saturated heterocycles. The van der Waals surface area contributed by atoms with Crippen LogP contribution in [0, 0.1) is 0 Å². The molecule has 0 aliphatic rings. The highest BCUT2D eigenvalue weighted by Gasteiger charge is 2.32. The molecule has 0 aliphatic heterocycles. The van der Waals surface area contributed by atoms with E-state index >= 15 is 0 Å². The number of rotatable bonds is 8. The van der Waals surface area contributed by atoms with Crippen LogP contribution in [0.1, 0.15) is 0 Å². The fraction of sp³-hybridized carbons (Fsp3) is 0. The van der Waals surface area contributed by atoms with E-state index in [-0.39, 0.29) is 54.9 Å². The number of fused-ring (bicyclic) bond motifs is 6. The predicted octanol–water partition coefficient (Wildman–Crippen LogP) is 12.3. The van der Waals surface area contributed by atoms with Crippen LogP contribution in [0.4, 0.5) is 0 Å². The zero-order valence-corrected chi connectivity index (χ0v) is 39.3. The van der Waals surface area contributed by atoms with Crippen molar-refractivity contribution in [1.82, 2.24) is 0 Å². The van der Waals surface area contributed by atoms with Gasteiger partial charge in [0.1, 0.15) is 19.6 Å². The Labute approximate surface area is 400 Å². The summed E-state index contributed by atoms with van der Waals surface area (Å²) in [6.07, 6.45) is 0. The molecule has 0 aliphatic carbocycles. The van der Waals surface area contributed by atoms with Crippen LogP contribution >= 0.6 is 0 Å². The van der Waals surface area contributed by atoms with Gasteiger partial charge in [0, 0.05) is 22.3 Å². The SMILES string of the molecule is O=S(=O)(O)c1cc(S(=O)(=O)O)c(-c2c3ccccc3c(-c3cc(-c4c5ccccc5cc5ccccc45)c(S(=O)(=O)O)cc3S(=O)(=O)O)c3ccccc23)cc1-c1c2ccccc2cc2ccccc12. The van der Waals surface area contributed by atoms with Crippen molar-refractivity contribution < 1.29 is 51.9 Å². The molecule has 346 valence electrons. The smallest absolute Gasteiger partial charge is 0.282 e. The third-order valence-electron chi connectivity index (χ3n) is 12.8. The van der Waals surface area contributed by atoms with Crippen molar-refractivity contribution >= 4 is 105 Å². The maximum absolute atomic E-state index is 13.7. The third kappa shape index (κ3) is 7.40. The van der Waals surface area contributed by atoms with Gasteiger partial charge >= 0.3 is 0 Å². The minimum absolute atomic E-state index is 0.100. The molecule has 0 aromatic heterocycles. The second-order valence-electron chi connectivity index (χ2n) is 16.8. The van der Waals surface area contributed by atoms with Crippen LogP contribution in [0.15, 0.2) is 202 Å². The van der Waals surface area contributed by atoms with Gasteiger partial charge in [0.05, 0.1) is 0 Å². The summed E-state index contributed by atoms with van der Waals surface area (Å²) in [5, 5.41) is 5.99. The summed E-state index contributed by atoms with van der Waals surface area (Å²) in [4.78, 5) is -3.36. The van der Waals surface area contributed by atoms with E-state index in [4.69, 9.17) is 0 Å². The van der Waals surface area contributed by atoms with E-state index in [9.17, 15) is 51.9 Å². The van der Waals surface area contributed by atoms with E-state index in [1.54, 1.807) is 121 Å². The van der Waals surface area contributed by atoms with Crippen molar-refractivity contribution in [2.45, 2.75) is 19.6 Å². The lowest BCUT2D eigenvalue weighted by Crippen LogP contribution is -2.09. The molecule has 0 unspecified atom stereocenters. The highest BCUT2D eigenvalue weighted by molar-refractivity contribution is 7.87. The summed E-state index contributed by atoms with van der Waals surface area (Å²) < 4.78 is 153. The van der Waals surface area contributed by atoms with Gasteiger partial charge in [0.15, 0.2) is 0 Å². The Morgan fingerprint density at radius 1 is 0.229 bits per heavy atom. The monoisotopic (exact) mass is 1000 g/mol. The normalized spacial score (nSPS) is 12.7. The van der Waals surface area contributed by atoms with Gasteiger partial charge in [-0.25, -0.2) is 0 Å². The van der Waals surface area contributed by atoms with E-state index in [0.717, 1.165) is 0 Å². The summed E-state index contributed by atoms with van der Waals surface area (Å²) in [5.74, 6) is 0. The maximum atomic E-state index is 13.7. The fourth-order valence-corrected chi connectivity index (χ4v) is 13.0. The first-order chi connectivity index (χ1) is 33.3. The molecule has 0 amide bonds. The Balaban J connectivity index is 1.32. The molecule has 4 N–H and O–H groups in total. The Morgan fingerprint density at radius 2 is 0.414 bits per heavy atom. The molecule has 12 nitrogen and oxygen atoms in total. The van der Waals surface area contributed by atoms with E-state index in [1.807, 2.05) is 36.4 Å². The van der Waals surface area contributed by atoms with Crippen LogP contribution in [0.25, 0.3) is 109 Å². The first kappa shape index (κ1) is 45.1. The number of hydrogen-bond acceptors (Lipinski definition) is 8. The molecule has 70 heavy (non-hydrogen) atoms. The molecule has 11 rings (SSSR count). The molecular weight excluding hydrogens is 969 g/mol.